The van der Waals surface area contributed by atoms with Crippen molar-refractivity contribution in [2.24, 2.45) is 11.7 Å². The maximum Gasteiger partial charge on any atom is 0.240 e. The molecule has 3 N–H and O–H groups in total. The van der Waals surface area contributed by atoms with Crippen LogP contribution in [0.5, 0.6) is 5.75 Å². The highest BCUT2D eigenvalue weighted by atomic mass is 16.5. The van der Waals surface area contributed by atoms with Crippen LogP contribution in [0, 0.1) is 5.92 Å². The van der Waals surface area contributed by atoms with Gasteiger partial charge in [-0.3, -0.25) is 9.59 Å². The summed E-state index contributed by atoms with van der Waals surface area (Å²) in [4.78, 5) is 23.2. The quantitative estimate of drug-likeness (QED) is 0.788. The lowest BCUT2D eigenvalue weighted by Crippen LogP contribution is -2.46. The van der Waals surface area contributed by atoms with E-state index in [4.69, 9.17) is 10.5 Å². The molecule has 5 heteroatoms. The summed E-state index contributed by atoms with van der Waals surface area (Å²) in [5.74, 6) is 0.132. The molecular weight excluding hydrogens is 244 g/mol. The van der Waals surface area contributed by atoms with Crippen molar-refractivity contribution in [2.75, 3.05) is 7.11 Å². The van der Waals surface area contributed by atoms with Crippen LogP contribution < -0.4 is 15.8 Å². The van der Waals surface area contributed by atoms with Crippen LogP contribution in [-0.2, 0) is 16.0 Å². The molecule has 1 aromatic carbocycles. The van der Waals surface area contributed by atoms with Gasteiger partial charge in [-0.05, 0) is 24.5 Å². The summed E-state index contributed by atoms with van der Waals surface area (Å²) >= 11 is 0. The van der Waals surface area contributed by atoms with Gasteiger partial charge in [0.2, 0.25) is 11.8 Å². The largest absolute Gasteiger partial charge is 0.496 e. The summed E-state index contributed by atoms with van der Waals surface area (Å²) in [5, 5.41) is 2.71. The van der Waals surface area contributed by atoms with Crippen LogP contribution in [0.25, 0.3) is 0 Å². The second-order valence-corrected chi connectivity index (χ2v) is 4.75. The number of carbonyl (C=O) groups excluding carboxylic acids is 2. The molecule has 1 saturated carbocycles. The first kappa shape index (κ1) is 13.4. The predicted octanol–water partition coefficient (Wildman–Crippen LogP) is 0.618. The molecule has 1 aliphatic rings. The molecule has 0 bridgehead atoms. The predicted molar refractivity (Wildman–Crippen MR) is 70.5 cm³/mol. The Balaban J connectivity index is 2.07. The first-order valence-corrected chi connectivity index (χ1v) is 6.33. The van der Waals surface area contributed by atoms with Crippen molar-refractivity contribution in [1.82, 2.24) is 5.32 Å². The van der Waals surface area contributed by atoms with Crippen LogP contribution in [0.4, 0.5) is 0 Å². The van der Waals surface area contributed by atoms with Gasteiger partial charge in [0.25, 0.3) is 0 Å². The van der Waals surface area contributed by atoms with E-state index in [1.807, 2.05) is 24.3 Å². The molecule has 0 heterocycles. The van der Waals surface area contributed by atoms with Gasteiger partial charge in [0.05, 0.1) is 7.11 Å². The van der Waals surface area contributed by atoms with Gasteiger partial charge in [0.1, 0.15) is 11.8 Å². The molecule has 5 nitrogen and oxygen atoms in total. The number of primary amides is 1. The van der Waals surface area contributed by atoms with Gasteiger partial charge >= 0.3 is 0 Å². The van der Waals surface area contributed by atoms with Crippen molar-refractivity contribution in [1.29, 1.82) is 0 Å². The number of rotatable bonds is 6. The van der Waals surface area contributed by atoms with Gasteiger partial charge in [-0.25, -0.2) is 0 Å². The molecule has 0 aromatic heterocycles. The molecule has 1 aliphatic carbocycles. The second kappa shape index (κ2) is 5.73. The van der Waals surface area contributed by atoms with E-state index in [1.165, 1.54) is 0 Å². The maximum absolute atomic E-state index is 11.7. The van der Waals surface area contributed by atoms with Gasteiger partial charge in [0.15, 0.2) is 0 Å². The number of carbonyl (C=O) groups is 2. The van der Waals surface area contributed by atoms with E-state index in [1.54, 1.807) is 7.11 Å². The minimum Gasteiger partial charge on any atom is -0.496 e. The van der Waals surface area contributed by atoms with Crippen LogP contribution in [0.2, 0.25) is 0 Å². The van der Waals surface area contributed by atoms with Gasteiger partial charge in [-0.15, -0.1) is 0 Å². The molecular formula is C14H18N2O3. The number of ether oxygens (including phenoxy) is 1. The molecule has 0 saturated heterocycles. The SMILES string of the molecule is COc1ccccc1C[C@H](NC(=O)C1CC1)C(N)=O. The topological polar surface area (TPSA) is 81.4 Å². The fraction of sp³-hybridized carbons (Fsp3) is 0.429. The van der Waals surface area contributed by atoms with Crippen LogP contribution in [0.1, 0.15) is 18.4 Å². The van der Waals surface area contributed by atoms with E-state index >= 15 is 0 Å². The fourth-order valence-electron chi connectivity index (χ4n) is 1.95. The highest BCUT2D eigenvalue weighted by molar-refractivity contribution is 5.88. The zero-order valence-electron chi connectivity index (χ0n) is 10.9. The third kappa shape index (κ3) is 3.47. The van der Waals surface area contributed by atoms with Crippen molar-refractivity contribution in [3.05, 3.63) is 29.8 Å². The molecule has 1 aromatic rings. The second-order valence-electron chi connectivity index (χ2n) is 4.75. The van der Waals surface area contributed by atoms with Crippen molar-refractivity contribution >= 4 is 11.8 Å². The molecule has 2 amide bonds. The van der Waals surface area contributed by atoms with E-state index in [0.29, 0.717) is 12.2 Å². The number of nitrogens with one attached hydrogen (secondary N) is 1. The maximum atomic E-state index is 11.7. The molecule has 0 spiro atoms. The molecule has 0 aliphatic heterocycles. The normalized spacial score (nSPS) is 15.6. The van der Waals surface area contributed by atoms with E-state index in [2.05, 4.69) is 5.32 Å². The molecule has 1 atom stereocenters. The highest BCUT2D eigenvalue weighted by Gasteiger charge is 2.32. The Morgan fingerprint density at radius 2 is 2.11 bits per heavy atom. The molecule has 1 fully saturated rings. The number of para-hydroxylation sites is 1. The van der Waals surface area contributed by atoms with Crippen LogP contribution in [0.3, 0.4) is 0 Å². The van der Waals surface area contributed by atoms with E-state index in [0.717, 1.165) is 18.4 Å². The summed E-state index contributed by atoms with van der Waals surface area (Å²) < 4.78 is 5.23. The summed E-state index contributed by atoms with van der Waals surface area (Å²) in [6, 6.07) is 6.70. The summed E-state index contributed by atoms with van der Waals surface area (Å²) in [6.07, 6.45) is 2.13. The zero-order valence-corrected chi connectivity index (χ0v) is 10.9. The monoisotopic (exact) mass is 262 g/mol. The average Bonchev–Trinajstić information content (AvgIpc) is 3.22. The van der Waals surface area contributed by atoms with E-state index < -0.39 is 11.9 Å². The average molecular weight is 262 g/mol. The van der Waals surface area contributed by atoms with Crippen LogP contribution in [0.15, 0.2) is 24.3 Å². The number of benzene rings is 1. The van der Waals surface area contributed by atoms with Crippen LogP contribution in [-0.4, -0.2) is 25.0 Å². The van der Waals surface area contributed by atoms with Crippen molar-refractivity contribution in [2.45, 2.75) is 25.3 Å². The molecule has 0 unspecified atom stereocenters. The Morgan fingerprint density at radius 3 is 2.68 bits per heavy atom. The van der Waals surface area contributed by atoms with Gasteiger partial charge < -0.3 is 15.8 Å². The standard InChI is InChI=1S/C14H18N2O3/c1-19-12-5-3-2-4-10(12)8-11(13(15)17)16-14(18)9-6-7-9/h2-5,9,11H,6-8H2,1H3,(H2,15,17)(H,16,18)/t11-/m0/s1. The lowest BCUT2D eigenvalue weighted by Gasteiger charge is -2.17. The minimum absolute atomic E-state index is 0.0551. The highest BCUT2D eigenvalue weighted by Crippen LogP contribution is 2.29. The van der Waals surface area contributed by atoms with Gasteiger partial charge in [-0.2, -0.15) is 0 Å². The first-order valence-electron chi connectivity index (χ1n) is 6.33. The van der Waals surface area contributed by atoms with Gasteiger partial charge in [0, 0.05) is 12.3 Å². The van der Waals surface area contributed by atoms with Gasteiger partial charge in [-0.1, -0.05) is 18.2 Å². The lowest BCUT2D eigenvalue weighted by molar-refractivity contribution is -0.128. The number of amides is 2. The summed E-state index contributed by atoms with van der Waals surface area (Å²) in [7, 11) is 1.57. The Hall–Kier alpha value is -2.04. The third-order valence-electron chi connectivity index (χ3n) is 3.22. The van der Waals surface area contributed by atoms with Crippen molar-refractivity contribution < 1.29 is 14.3 Å². The summed E-state index contributed by atoms with van der Waals surface area (Å²) in [6.45, 7) is 0. The third-order valence-corrected chi connectivity index (χ3v) is 3.22. The smallest absolute Gasteiger partial charge is 0.240 e. The first-order chi connectivity index (χ1) is 9.11. The summed E-state index contributed by atoms with van der Waals surface area (Å²) in [5.41, 5.74) is 6.20. The fourth-order valence-corrected chi connectivity index (χ4v) is 1.95. The number of hydrogen-bond acceptors (Lipinski definition) is 3. The Bertz CT molecular complexity index is 483. The van der Waals surface area contributed by atoms with Crippen molar-refractivity contribution in [3.8, 4) is 5.75 Å². The Morgan fingerprint density at radius 1 is 1.42 bits per heavy atom. The van der Waals surface area contributed by atoms with Crippen molar-refractivity contribution in [3.63, 3.8) is 0 Å². The van der Waals surface area contributed by atoms with E-state index in [-0.39, 0.29) is 11.8 Å². The minimum atomic E-state index is -0.690. The molecule has 2 rings (SSSR count). The van der Waals surface area contributed by atoms with E-state index in [9.17, 15) is 9.59 Å². The lowest BCUT2D eigenvalue weighted by atomic mass is 10.0. The number of hydrogen-bond donors (Lipinski definition) is 2. The zero-order chi connectivity index (χ0) is 13.8. The number of nitrogens with two attached hydrogens (primary N) is 1. The Kier molecular flexibility index (Phi) is 4.04. The molecule has 102 valence electrons. The number of methoxy groups -OCH3 is 1. The molecule has 19 heavy (non-hydrogen) atoms. The van der Waals surface area contributed by atoms with Crippen LogP contribution >= 0.6 is 0 Å². The molecule has 0 radical (unpaired) electrons. The Labute approximate surface area is 112 Å².